The molecule has 1 rings (SSSR count). The third kappa shape index (κ3) is 7.01. The molecule has 0 aliphatic carbocycles. The van der Waals surface area contributed by atoms with E-state index >= 15 is 0 Å². The maximum Gasteiger partial charge on any atom is 0.347 e. The lowest BCUT2D eigenvalue weighted by Crippen LogP contribution is -2.56. The molecule has 1 aromatic rings. The Labute approximate surface area is 166 Å². The Kier molecular flexibility index (Phi) is 9.75. The molecule has 1 aromatic carbocycles. The molecular weight excluding hydrogens is 364 g/mol. The lowest BCUT2D eigenvalue weighted by Gasteiger charge is -2.28. The second kappa shape index (κ2) is 11.5. The van der Waals surface area contributed by atoms with E-state index < -0.39 is 23.6 Å². The predicted octanol–water partition coefficient (Wildman–Crippen LogP) is 2.31. The van der Waals surface area contributed by atoms with Crippen LogP contribution in [0, 0.1) is 0 Å². The van der Waals surface area contributed by atoms with Crippen molar-refractivity contribution >= 4 is 11.9 Å². The van der Waals surface area contributed by atoms with Crippen molar-refractivity contribution in [1.29, 1.82) is 0 Å². The number of aromatic hydroxyl groups is 2. The number of nitrogens with two attached hydrogens (primary N) is 1. The highest BCUT2D eigenvalue weighted by molar-refractivity contribution is 5.84. The van der Waals surface area contributed by atoms with Gasteiger partial charge in [-0.1, -0.05) is 32.3 Å². The van der Waals surface area contributed by atoms with Crippen molar-refractivity contribution in [2.24, 2.45) is 5.84 Å². The Balaban J connectivity index is 2.87. The van der Waals surface area contributed by atoms with Gasteiger partial charge in [-0.2, -0.15) is 0 Å². The molecule has 0 aliphatic rings. The van der Waals surface area contributed by atoms with Crippen LogP contribution in [0.1, 0.15) is 58.4 Å². The van der Waals surface area contributed by atoms with Crippen LogP contribution in [0.5, 0.6) is 11.5 Å². The largest absolute Gasteiger partial charge is 0.504 e. The van der Waals surface area contributed by atoms with Crippen molar-refractivity contribution in [3.8, 4) is 11.5 Å². The summed E-state index contributed by atoms with van der Waals surface area (Å²) in [5, 5.41) is 19.1. The minimum absolute atomic E-state index is 0.0849. The Morgan fingerprint density at radius 3 is 2.46 bits per heavy atom. The van der Waals surface area contributed by atoms with Crippen LogP contribution >= 0.6 is 0 Å². The van der Waals surface area contributed by atoms with Gasteiger partial charge in [-0.05, 0) is 44.4 Å². The predicted molar refractivity (Wildman–Crippen MR) is 104 cm³/mol. The number of hydrogen-bond acceptors (Lipinski definition) is 8. The number of carbonyl (C=O) groups excluding carboxylic acids is 2. The van der Waals surface area contributed by atoms with Crippen LogP contribution in [-0.2, 0) is 25.5 Å². The molecule has 0 saturated carbocycles. The quantitative estimate of drug-likeness (QED) is 0.139. The number of hydrogen-bond donors (Lipinski definition) is 4. The number of hydrazine groups is 1. The van der Waals surface area contributed by atoms with Gasteiger partial charge >= 0.3 is 11.9 Å². The van der Waals surface area contributed by atoms with Crippen molar-refractivity contribution in [3.05, 3.63) is 23.8 Å². The van der Waals surface area contributed by atoms with Gasteiger partial charge in [-0.3, -0.25) is 5.84 Å². The normalized spacial score (nSPS) is 14.1. The Hall–Kier alpha value is -2.32. The van der Waals surface area contributed by atoms with Crippen LogP contribution in [0.15, 0.2) is 18.2 Å². The van der Waals surface area contributed by atoms with E-state index in [1.165, 1.54) is 12.1 Å². The summed E-state index contributed by atoms with van der Waals surface area (Å²) in [4.78, 5) is 25.0. The molecular formula is C20H32N2O6. The Morgan fingerprint density at radius 1 is 1.18 bits per heavy atom. The molecule has 2 atom stereocenters. The van der Waals surface area contributed by atoms with Crippen LogP contribution in [0.4, 0.5) is 0 Å². The van der Waals surface area contributed by atoms with Crippen molar-refractivity contribution < 1.29 is 29.3 Å². The first kappa shape index (κ1) is 23.7. The molecule has 0 heterocycles. The number of phenols is 2. The third-order valence-corrected chi connectivity index (χ3v) is 4.49. The zero-order valence-corrected chi connectivity index (χ0v) is 16.9. The van der Waals surface area contributed by atoms with Crippen LogP contribution in [0.25, 0.3) is 0 Å². The molecule has 0 saturated heterocycles. The highest BCUT2D eigenvalue weighted by Crippen LogP contribution is 2.27. The van der Waals surface area contributed by atoms with Gasteiger partial charge in [0.15, 0.2) is 17.6 Å². The summed E-state index contributed by atoms with van der Waals surface area (Å²) in [5.74, 6) is 3.76. The van der Waals surface area contributed by atoms with Gasteiger partial charge in [0.2, 0.25) is 0 Å². The molecule has 0 aromatic heterocycles. The van der Waals surface area contributed by atoms with Gasteiger partial charge in [-0.15, -0.1) is 0 Å². The first-order valence-electron chi connectivity index (χ1n) is 9.63. The molecule has 5 N–H and O–H groups in total. The van der Waals surface area contributed by atoms with E-state index in [1.807, 2.05) is 0 Å². The minimum Gasteiger partial charge on any atom is -0.504 e. The number of unbranched alkanes of at least 4 members (excludes halogenated alkanes) is 3. The smallest absolute Gasteiger partial charge is 0.347 e. The Morgan fingerprint density at radius 2 is 1.89 bits per heavy atom. The lowest BCUT2D eigenvalue weighted by atomic mass is 9.93. The van der Waals surface area contributed by atoms with E-state index in [2.05, 4.69) is 12.3 Å². The maximum atomic E-state index is 12.8. The highest BCUT2D eigenvalue weighted by atomic mass is 16.6. The van der Waals surface area contributed by atoms with E-state index in [0.29, 0.717) is 12.0 Å². The summed E-state index contributed by atoms with van der Waals surface area (Å²) >= 11 is 0. The number of benzene rings is 1. The van der Waals surface area contributed by atoms with E-state index in [9.17, 15) is 19.8 Å². The second-order valence-electron chi connectivity index (χ2n) is 6.97. The van der Waals surface area contributed by atoms with Crippen LogP contribution in [0.3, 0.4) is 0 Å². The number of esters is 2. The molecule has 0 aliphatic heterocycles. The molecule has 8 heteroatoms. The van der Waals surface area contributed by atoms with Gasteiger partial charge < -0.3 is 19.7 Å². The first-order chi connectivity index (χ1) is 13.3. The summed E-state index contributed by atoms with van der Waals surface area (Å²) in [7, 11) is 0. The maximum absolute atomic E-state index is 12.8. The van der Waals surface area contributed by atoms with E-state index in [1.54, 1.807) is 19.9 Å². The molecule has 0 bridgehead atoms. The average Bonchev–Trinajstić information content (AvgIpc) is 2.67. The fourth-order valence-corrected chi connectivity index (χ4v) is 2.75. The van der Waals surface area contributed by atoms with Crippen LogP contribution in [-0.4, -0.2) is 40.4 Å². The van der Waals surface area contributed by atoms with Crippen molar-refractivity contribution in [1.82, 2.24) is 5.43 Å². The van der Waals surface area contributed by atoms with E-state index in [4.69, 9.17) is 15.3 Å². The average molecular weight is 396 g/mol. The summed E-state index contributed by atoms with van der Waals surface area (Å²) < 4.78 is 10.5. The highest BCUT2D eigenvalue weighted by Gasteiger charge is 2.37. The second-order valence-corrected chi connectivity index (χ2v) is 6.97. The first-order valence-corrected chi connectivity index (χ1v) is 9.63. The topological polar surface area (TPSA) is 131 Å². The minimum atomic E-state index is -1.34. The third-order valence-electron chi connectivity index (χ3n) is 4.49. The summed E-state index contributed by atoms with van der Waals surface area (Å²) in [6, 6.07) is 4.22. The van der Waals surface area contributed by atoms with E-state index in [0.717, 1.165) is 25.7 Å². The van der Waals surface area contributed by atoms with Crippen molar-refractivity contribution in [3.63, 3.8) is 0 Å². The summed E-state index contributed by atoms with van der Waals surface area (Å²) in [6.07, 6.45) is 3.23. The van der Waals surface area contributed by atoms with Crippen molar-refractivity contribution in [2.75, 3.05) is 6.61 Å². The standard InChI is InChI=1S/C20H32N2O6/c1-4-6-7-8-9-17(18(25)27-5-2)28-19(26)20(3,22-21)13-14-10-11-15(23)16(24)12-14/h10-12,17,22-24H,4-9,13,21H2,1-3H3. The number of ether oxygens (including phenoxy) is 2. The molecule has 158 valence electrons. The number of rotatable bonds is 12. The number of carbonyl (C=O) groups is 2. The lowest BCUT2D eigenvalue weighted by molar-refractivity contribution is -0.172. The summed E-state index contributed by atoms with van der Waals surface area (Å²) in [5.41, 5.74) is 1.67. The van der Waals surface area contributed by atoms with Gasteiger partial charge in [0, 0.05) is 6.42 Å². The Bertz CT molecular complexity index is 652. The molecule has 8 nitrogen and oxygen atoms in total. The van der Waals surface area contributed by atoms with Crippen molar-refractivity contribution in [2.45, 2.75) is 70.9 Å². The monoisotopic (exact) mass is 396 g/mol. The number of phenolic OH excluding ortho intramolecular Hbond substituents is 2. The fraction of sp³-hybridized carbons (Fsp3) is 0.600. The molecule has 0 amide bonds. The molecule has 0 radical (unpaired) electrons. The number of nitrogens with one attached hydrogen (secondary N) is 1. The SMILES string of the molecule is CCCCCCC(OC(=O)C(C)(Cc1ccc(O)c(O)c1)NN)C(=O)OCC. The molecule has 28 heavy (non-hydrogen) atoms. The van der Waals surface area contributed by atoms with Gasteiger partial charge in [-0.25, -0.2) is 15.0 Å². The zero-order chi connectivity index (χ0) is 21.2. The van der Waals surface area contributed by atoms with E-state index in [-0.39, 0.29) is 24.5 Å². The zero-order valence-electron chi connectivity index (χ0n) is 16.9. The van der Waals surface area contributed by atoms with Crippen LogP contribution in [0.2, 0.25) is 0 Å². The van der Waals surface area contributed by atoms with Gasteiger partial charge in [0.1, 0.15) is 5.54 Å². The fourth-order valence-electron chi connectivity index (χ4n) is 2.75. The van der Waals surface area contributed by atoms with Gasteiger partial charge in [0.05, 0.1) is 6.61 Å². The molecule has 2 unspecified atom stereocenters. The summed E-state index contributed by atoms with van der Waals surface area (Å²) in [6.45, 7) is 5.51. The molecule has 0 spiro atoms. The van der Waals surface area contributed by atoms with Crippen LogP contribution < -0.4 is 11.3 Å². The molecule has 0 fully saturated rings. The van der Waals surface area contributed by atoms with Gasteiger partial charge in [0.25, 0.3) is 0 Å².